The van der Waals surface area contributed by atoms with Crippen molar-refractivity contribution < 1.29 is 23.5 Å². The lowest BCUT2D eigenvalue weighted by atomic mass is 9.71. The molecule has 0 N–H and O–H groups in total. The van der Waals surface area contributed by atoms with Gasteiger partial charge in [0.1, 0.15) is 0 Å². The number of hydrogen-bond acceptors (Lipinski definition) is 5. The number of ether oxygens (including phenoxy) is 2. The van der Waals surface area contributed by atoms with Crippen molar-refractivity contribution in [2.24, 2.45) is 11.3 Å². The van der Waals surface area contributed by atoms with E-state index in [1.54, 1.807) is 0 Å². The van der Waals surface area contributed by atoms with E-state index in [9.17, 15) is 9.59 Å². The van der Waals surface area contributed by atoms with Gasteiger partial charge in [0.2, 0.25) is 8.32 Å². The molecule has 1 aliphatic carbocycles. The predicted octanol–water partition coefficient (Wildman–Crippen LogP) is 4.44. The Morgan fingerprint density at radius 3 is 2.19 bits per heavy atom. The maximum atomic E-state index is 12.7. The zero-order valence-electron chi connectivity index (χ0n) is 17.8. The van der Waals surface area contributed by atoms with Gasteiger partial charge in [-0.1, -0.05) is 27.2 Å². The Hall–Kier alpha value is -1.74. The van der Waals surface area contributed by atoms with Gasteiger partial charge in [-0.3, -0.25) is 9.59 Å². The average Bonchev–Trinajstić information content (AvgIpc) is 2.82. The third-order valence-electron chi connectivity index (χ3n) is 5.88. The van der Waals surface area contributed by atoms with Crippen LogP contribution in [0.4, 0.5) is 0 Å². The van der Waals surface area contributed by atoms with Crippen molar-refractivity contribution in [1.82, 2.24) is 0 Å². The number of terminal acetylenes is 1. The van der Waals surface area contributed by atoms with Crippen LogP contribution in [-0.4, -0.2) is 34.5 Å². The smallest absolute Gasteiger partial charge is 0.324 e. The van der Waals surface area contributed by atoms with Crippen LogP contribution in [-0.2, 0) is 23.5 Å². The van der Waals surface area contributed by atoms with E-state index in [1.165, 1.54) is 14.2 Å². The molecule has 0 radical (unpaired) electrons. The van der Waals surface area contributed by atoms with Crippen molar-refractivity contribution in [3.8, 4) is 12.3 Å². The van der Waals surface area contributed by atoms with Crippen LogP contribution in [0.15, 0.2) is 11.8 Å². The summed E-state index contributed by atoms with van der Waals surface area (Å²) in [4.78, 5) is 25.4. The first-order valence-corrected chi connectivity index (χ1v) is 12.4. The predicted molar refractivity (Wildman–Crippen MR) is 108 cm³/mol. The van der Waals surface area contributed by atoms with Crippen LogP contribution in [0.25, 0.3) is 0 Å². The first kappa shape index (κ1) is 23.3. The molecule has 0 amide bonds. The van der Waals surface area contributed by atoms with Gasteiger partial charge in [-0.05, 0) is 37.0 Å². The maximum Gasteiger partial charge on any atom is 0.324 e. The zero-order valence-corrected chi connectivity index (χ0v) is 18.8. The van der Waals surface area contributed by atoms with Crippen molar-refractivity contribution in [3.05, 3.63) is 11.8 Å². The van der Waals surface area contributed by atoms with E-state index in [4.69, 9.17) is 20.3 Å². The fourth-order valence-electron chi connectivity index (χ4n) is 3.20. The van der Waals surface area contributed by atoms with E-state index in [0.717, 1.165) is 25.0 Å². The molecule has 0 aromatic carbocycles. The number of hydrogen-bond donors (Lipinski definition) is 0. The highest BCUT2D eigenvalue weighted by Crippen LogP contribution is 2.44. The summed E-state index contributed by atoms with van der Waals surface area (Å²) < 4.78 is 16.5. The summed E-state index contributed by atoms with van der Waals surface area (Å²) in [5.41, 5.74) is -1.54. The van der Waals surface area contributed by atoms with Crippen molar-refractivity contribution in [2.75, 3.05) is 14.2 Å². The highest BCUT2D eigenvalue weighted by atomic mass is 28.4. The number of carbonyl (C=O) groups excluding carboxylic acids is 2. The normalized spacial score (nSPS) is 18.6. The van der Waals surface area contributed by atoms with Gasteiger partial charge in [-0.15, -0.1) is 12.3 Å². The standard InChI is InChI=1S/C21H34O5Si/c1-9-14-21(18(22)24-5,19(23)25-6)16-12-10-11-13-17(15-16)26-27(7,8)20(2,3)4/h1,15-16H,10-14H2,2-8H3. The van der Waals surface area contributed by atoms with Crippen LogP contribution in [0.2, 0.25) is 18.1 Å². The van der Waals surface area contributed by atoms with Gasteiger partial charge in [0.15, 0.2) is 5.41 Å². The van der Waals surface area contributed by atoms with Gasteiger partial charge >= 0.3 is 11.9 Å². The van der Waals surface area contributed by atoms with E-state index in [-0.39, 0.29) is 11.5 Å². The second-order valence-electron chi connectivity index (χ2n) is 8.68. The number of rotatable bonds is 6. The molecule has 1 unspecified atom stereocenters. The molecule has 0 aliphatic heterocycles. The second-order valence-corrected chi connectivity index (χ2v) is 13.4. The summed E-state index contributed by atoms with van der Waals surface area (Å²) in [6.07, 6.45) is 10.6. The van der Waals surface area contributed by atoms with Crippen LogP contribution in [0, 0.1) is 23.7 Å². The van der Waals surface area contributed by atoms with E-state index >= 15 is 0 Å². The molecule has 0 aromatic rings. The van der Waals surface area contributed by atoms with Crippen LogP contribution in [0.1, 0.15) is 52.9 Å². The summed E-state index contributed by atoms with van der Waals surface area (Å²) in [6, 6.07) is 0. The molecule has 0 saturated carbocycles. The fraction of sp³-hybridized carbons (Fsp3) is 0.714. The molecule has 0 heterocycles. The summed E-state index contributed by atoms with van der Waals surface area (Å²) in [7, 11) is 0.502. The lowest BCUT2D eigenvalue weighted by Gasteiger charge is -2.38. The van der Waals surface area contributed by atoms with E-state index in [0.29, 0.717) is 6.42 Å². The maximum absolute atomic E-state index is 12.7. The first-order valence-electron chi connectivity index (χ1n) is 9.46. The van der Waals surface area contributed by atoms with Crippen molar-refractivity contribution in [1.29, 1.82) is 0 Å². The van der Waals surface area contributed by atoms with Gasteiger partial charge in [-0.2, -0.15) is 0 Å². The minimum atomic E-state index is -2.03. The van der Waals surface area contributed by atoms with Crippen LogP contribution < -0.4 is 0 Å². The molecule has 1 atom stereocenters. The molecule has 0 bridgehead atoms. The van der Waals surface area contributed by atoms with E-state index in [1.807, 2.05) is 6.08 Å². The third-order valence-corrected chi connectivity index (χ3v) is 10.3. The molecule has 152 valence electrons. The van der Waals surface area contributed by atoms with Crippen LogP contribution in [0.3, 0.4) is 0 Å². The Labute approximate surface area is 165 Å². The van der Waals surface area contributed by atoms with Crippen LogP contribution >= 0.6 is 0 Å². The molecular weight excluding hydrogens is 360 g/mol. The topological polar surface area (TPSA) is 61.8 Å². The zero-order chi connectivity index (χ0) is 20.9. The molecule has 27 heavy (non-hydrogen) atoms. The van der Waals surface area contributed by atoms with Crippen LogP contribution in [0.5, 0.6) is 0 Å². The molecule has 1 aliphatic rings. The monoisotopic (exact) mass is 394 g/mol. The molecule has 0 spiro atoms. The van der Waals surface area contributed by atoms with Crippen molar-refractivity contribution in [2.45, 2.75) is 71.0 Å². The number of carbonyl (C=O) groups is 2. The van der Waals surface area contributed by atoms with Crippen molar-refractivity contribution >= 4 is 20.3 Å². The largest absolute Gasteiger partial charge is 0.547 e. The lowest BCUT2D eigenvalue weighted by Crippen LogP contribution is -2.47. The van der Waals surface area contributed by atoms with E-state index < -0.39 is 31.6 Å². The Bertz CT molecular complexity index is 605. The number of allylic oxidation sites excluding steroid dienone is 2. The molecule has 0 fully saturated rings. The average molecular weight is 395 g/mol. The van der Waals surface area contributed by atoms with Gasteiger partial charge < -0.3 is 13.9 Å². The Balaban J connectivity index is 3.41. The quantitative estimate of drug-likeness (QED) is 0.288. The number of esters is 2. The van der Waals surface area contributed by atoms with Gasteiger partial charge in [0.25, 0.3) is 0 Å². The lowest BCUT2D eigenvalue weighted by molar-refractivity contribution is -0.172. The Morgan fingerprint density at radius 1 is 1.19 bits per heavy atom. The highest BCUT2D eigenvalue weighted by molar-refractivity contribution is 6.74. The van der Waals surface area contributed by atoms with E-state index in [2.05, 4.69) is 39.8 Å². The van der Waals surface area contributed by atoms with Gasteiger partial charge in [-0.25, -0.2) is 0 Å². The molecular formula is C21H34O5Si. The third kappa shape index (κ3) is 4.95. The summed E-state index contributed by atoms with van der Waals surface area (Å²) in [5.74, 6) is 1.60. The molecule has 6 heteroatoms. The van der Waals surface area contributed by atoms with Crippen molar-refractivity contribution in [3.63, 3.8) is 0 Å². The number of methoxy groups -OCH3 is 2. The SMILES string of the molecule is C#CCC(C(=O)OC)(C(=O)OC)C1C=C(O[Si](C)(C)C(C)(C)C)CCCC1. The molecule has 5 nitrogen and oxygen atoms in total. The fourth-order valence-corrected chi connectivity index (χ4v) is 4.33. The summed E-state index contributed by atoms with van der Waals surface area (Å²) in [6.45, 7) is 10.9. The first-order chi connectivity index (χ1) is 12.5. The second kappa shape index (κ2) is 8.96. The van der Waals surface area contributed by atoms with Gasteiger partial charge in [0.05, 0.1) is 20.0 Å². The molecule has 0 saturated heterocycles. The summed E-state index contributed by atoms with van der Waals surface area (Å²) in [5, 5.41) is 0.0518. The minimum Gasteiger partial charge on any atom is -0.547 e. The molecule has 1 rings (SSSR count). The Kier molecular flexibility index (Phi) is 7.73. The summed E-state index contributed by atoms with van der Waals surface area (Å²) >= 11 is 0. The molecule has 0 aromatic heterocycles. The Morgan fingerprint density at radius 2 is 1.74 bits per heavy atom. The minimum absolute atomic E-state index is 0.0518. The highest BCUT2D eigenvalue weighted by Gasteiger charge is 2.53. The van der Waals surface area contributed by atoms with Gasteiger partial charge in [0, 0.05) is 18.8 Å².